The summed E-state index contributed by atoms with van der Waals surface area (Å²) in [6.45, 7) is 7.69. The van der Waals surface area contributed by atoms with Crippen molar-refractivity contribution in [3.63, 3.8) is 0 Å². The maximum atomic E-state index is 14.7. The molecule has 0 aliphatic heterocycles. The van der Waals surface area contributed by atoms with Gasteiger partial charge in [-0.05, 0) is 123 Å². The highest BCUT2D eigenvalue weighted by molar-refractivity contribution is 7.91. The van der Waals surface area contributed by atoms with E-state index in [1.165, 1.54) is 127 Å². The van der Waals surface area contributed by atoms with E-state index >= 15 is 0 Å². The second-order valence-electron chi connectivity index (χ2n) is 14.8. The second-order valence-corrected chi connectivity index (χ2v) is 16.7. The third-order valence-corrected chi connectivity index (χ3v) is 13.1. The normalized spacial score (nSPS) is 16.3. The van der Waals surface area contributed by atoms with Gasteiger partial charge in [-0.1, -0.05) is 126 Å². The Bertz CT molecular complexity index is 1210. The number of benzene rings is 2. The molecule has 0 bridgehead atoms. The molecule has 2 saturated carbocycles. The molecule has 2 aliphatic rings. The first-order chi connectivity index (χ1) is 23.0. The van der Waals surface area contributed by atoms with E-state index in [1.54, 1.807) is 0 Å². The summed E-state index contributed by atoms with van der Waals surface area (Å²) in [4.78, 5) is 1.13. The topological polar surface area (TPSA) is 34.1 Å². The molecule has 0 heterocycles. The van der Waals surface area contributed by atoms with Crippen LogP contribution in [0, 0.1) is 0 Å². The van der Waals surface area contributed by atoms with Crippen molar-refractivity contribution in [3.8, 4) is 0 Å². The van der Waals surface area contributed by atoms with Crippen molar-refractivity contribution in [2.24, 2.45) is 0 Å². The van der Waals surface area contributed by atoms with Crippen molar-refractivity contribution in [1.82, 2.24) is 0 Å². The Hall–Kier alpha value is -2.13. The SMILES string of the molecule is C=CCCCCCCCCc1cc(C2CCCCC2)ccc1S(=O)(=O)c1ccc(C2CCCCC2)cc1CCCCCCCCC=C. The second kappa shape index (κ2) is 21.1. The predicted molar refractivity (Wildman–Crippen MR) is 202 cm³/mol. The number of sulfone groups is 1. The molecule has 2 aliphatic carbocycles. The molecule has 0 N–H and O–H groups in total. The maximum Gasteiger partial charge on any atom is 0.207 e. The van der Waals surface area contributed by atoms with Crippen LogP contribution in [0.1, 0.15) is 188 Å². The van der Waals surface area contributed by atoms with Gasteiger partial charge in [0.1, 0.15) is 0 Å². The first kappa shape index (κ1) is 37.7. The fourth-order valence-electron chi connectivity index (χ4n) is 8.23. The monoisotopic (exact) mass is 658 g/mol. The smallest absolute Gasteiger partial charge is 0.207 e. The highest BCUT2D eigenvalue weighted by Crippen LogP contribution is 2.38. The van der Waals surface area contributed by atoms with Crippen LogP contribution in [0.25, 0.3) is 0 Å². The number of unbranched alkanes of at least 4 members (excludes halogenated alkanes) is 12. The van der Waals surface area contributed by atoms with Gasteiger partial charge in [-0.2, -0.15) is 0 Å². The highest BCUT2D eigenvalue weighted by Gasteiger charge is 2.27. The van der Waals surface area contributed by atoms with Crippen LogP contribution in [0.15, 0.2) is 71.5 Å². The fourth-order valence-corrected chi connectivity index (χ4v) is 9.98. The molecular weight excluding hydrogens is 593 g/mol. The van der Waals surface area contributed by atoms with Gasteiger partial charge in [0, 0.05) is 0 Å². The number of rotatable bonds is 22. The number of allylic oxidation sites excluding steroid dienone is 2. The number of hydrogen-bond acceptors (Lipinski definition) is 2. The van der Waals surface area contributed by atoms with Gasteiger partial charge in [-0.3, -0.25) is 0 Å². The van der Waals surface area contributed by atoms with E-state index in [0.29, 0.717) is 21.6 Å². The minimum absolute atomic E-state index is 0.567. The minimum Gasteiger partial charge on any atom is -0.218 e. The van der Waals surface area contributed by atoms with Gasteiger partial charge in [-0.15, -0.1) is 13.2 Å². The molecule has 2 nitrogen and oxygen atoms in total. The van der Waals surface area contributed by atoms with Gasteiger partial charge in [0.25, 0.3) is 0 Å². The molecule has 4 rings (SSSR count). The fraction of sp³-hybridized carbons (Fsp3) is 0.636. The molecule has 2 fully saturated rings. The summed E-state index contributed by atoms with van der Waals surface area (Å²) in [5.74, 6) is 1.15. The molecule has 3 heteroatoms. The summed E-state index contributed by atoms with van der Waals surface area (Å²) >= 11 is 0. The highest BCUT2D eigenvalue weighted by atomic mass is 32.2. The van der Waals surface area contributed by atoms with E-state index in [0.717, 1.165) is 62.5 Å². The van der Waals surface area contributed by atoms with Crippen LogP contribution in [0.4, 0.5) is 0 Å². The zero-order chi connectivity index (χ0) is 33.2. The summed E-state index contributed by atoms with van der Waals surface area (Å²) in [6, 6.07) is 12.9. The zero-order valence-corrected chi connectivity index (χ0v) is 30.6. The van der Waals surface area contributed by atoms with Gasteiger partial charge < -0.3 is 0 Å². The summed E-state index contributed by atoms with van der Waals surface area (Å²) < 4.78 is 29.4. The Morgan fingerprint density at radius 2 is 0.872 bits per heavy atom. The standard InChI is InChI=1S/C44H66O2S/c1-3-5-7-9-11-13-15-19-29-41-35-39(37-25-21-17-22-26-37)31-33-43(41)47(45,46)44-34-32-40(38-27-23-18-24-28-38)36-42(44)30-20-16-14-12-10-8-6-4-2/h3-4,31-38H,1-2,5-30H2. The van der Waals surface area contributed by atoms with Crippen LogP contribution in [0.2, 0.25) is 0 Å². The van der Waals surface area contributed by atoms with Crippen molar-refractivity contribution in [1.29, 1.82) is 0 Å². The third kappa shape index (κ3) is 12.1. The molecule has 2 aromatic rings. The van der Waals surface area contributed by atoms with E-state index in [-0.39, 0.29) is 0 Å². The molecular formula is C44H66O2S. The Morgan fingerprint density at radius 1 is 0.511 bits per heavy atom. The van der Waals surface area contributed by atoms with E-state index in [2.05, 4.69) is 37.4 Å². The lowest BCUT2D eigenvalue weighted by Gasteiger charge is -2.24. The molecule has 0 radical (unpaired) electrons. The molecule has 0 amide bonds. The lowest BCUT2D eigenvalue weighted by Crippen LogP contribution is -2.12. The summed E-state index contributed by atoms with van der Waals surface area (Å²) in [6.07, 6.45) is 35.1. The van der Waals surface area contributed by atoms with E-state index in [4.69, 9.17) is 0 Å². The molecule has 2 aromatic carbocycles. The molecule has 0 aromatic heterocycles. The average molecular weight is 659 g/mol. The molecule has 0 saturated heterocycles. The van der Waals surface area contributed by atoms with Crippen molar-refractivity contribution >= 4 is 9.84 Å². The number of hydrogen-bond donors (Lipinski definition) is 0. The molecule has 47 heavy (non-hydrogen) atoms. The van der Waals surface area contributed by atoms with Gasteiger partial charge in [0.2, 0.25) is 9.84 Å². The van der Waals surface area contributed by atoms with Crippen LogP contribution < -0.4 is 0 Å². The van der Waals surface area contributed by atoms with Crippen LogP contribution in [0.5, 0.6) is 0 Å². The summed E-state index contributed by atoms with van der Waals surface area (Å²) in [7, 11) is -3.63. The zero-order valence-electron chi connectivity index (χ0n) is 29.8. The lowest BCUT2D eigenvalue weighted by molar-refractivity contribution is 0.443. The predicted octanol–water partition coefficient (Wildman–Crippen LogP) is 13.5. The van der Waals surface area contributed by atoms with Gasteiger partial charge in [0.15, 0.2) is 0 Å². The van der Waals surface area contributed by atoms with Crippen LogP contribution in [0.3, 0.4) is 0 Å². The maximum absolute atomic E-state index is 14.7. The molecule has 0 unspecified atom stereocenters. The van der Waals surface area contributed by atoms with E-state index in [1.807, 2.05) is 24.3 Å². The van der Waals surface area contributed by atoms with Crippen molar-refractivity contribution in [2.75, 3.05) is 0 Å². The lowest BCUT2D eigenvalue weighted by atomic mass is 9.83. The molecule has 0 atom stereocenters. The Morgan fingerprint density at radius 3 is 1.26 bits per heavy atom. The van der Waals surface area contributed by atoms with Crippen molar-refractivity contribution in [3.05, 3.63) is 84.0 Å². The Labute approximate surface area is 289 Å². The first-order valence-electron chi connectivity index (χ1n) is 19.8. The van der Waals surface area contributed by atoms with Crippen molar-refractivity contribution < 1.29 is 8.42 Å². The van der Waals surface area contributed by atoms with Gasteiger partial charge in [-0.25, -0.2) is 8.42 Å². The summed E-state index contributed by atoms with van der Waals surface area (Å²) in [5.41, 5.74) is 4.84. The van der Waals surface area contributed by atoms with Crippen LogP contribution >= 0.6 is 0 Å². The summed E-state index contributed by atoms with van der Waals surface area (Å²) in [5, 5.41) is 0. The van der Waals surface area contributed by atoms with Gasteiger partial charge >= 0.3 is 0 Å². The largest absolute Gasteiger partial charge is 0.218 e. The Balaban J connectivity index is 1.55. The Kier molecular flexibility index (Phi) is 16.9. The van der Waals surface area contributed by atoms with E-state index < -0.39 is 9.84 Å². The average Bonchev–Trinajstić information content (AvgIpc) is 3.11. The number of aryl methyl sites for hydroxylation is 2. The van der Waals surface area contributed by atoms with Gasteiger partial charge in [0.05, 0.1) is 9.79 Å². The van der Waals surface area contributed by atoms with Crippen LogP contribution in [-0.4, -0.2) is 8.42 Å². The first-order valence-corrected chi connectivity index (χ1v) is 21.3. The van der Waals surface area contributed by atoms with E-state index in [9.17, 15) is 8.42 Å². The molecule has 0 spiro atoms. The minimum atomic E-state index is -3.63. The van der Waals surface area contributed by atoms with Crippen molar-refractivity contribution in [2.45, 2.75) is 189 Å². The van der Waals surface area contributed by atoms with Crippen LogP contribution in [-0.2, 0) is 22.7 Å². The quantitative estimate of drug-likeness (QED) is 0.0932. The molecule has 260 valence electrons. The third-order valence-electron chi connectivity index (χ3n) is 11.1.